The lowest BCUT2D eigenvalue weighted by atomic mass is 10.1. The Hall–Kier alpha value is -2.95. The summed E-state index contributed by atoms with van der Waals surface area (Å²) in [6.45, 7) is 0.843. The summed E-state index contributed by atoms with van der Waals surface area (Å²) in [6, 6.07) is 15.7. The van der Waals surface area contributed by atoms with Gasteiger partial charge in [0.25, 0.3) is 5.91 Å². The highest BCUT2D eigenvalue weighted by Gasteiger charge is 2.17. The van der Waals surface area contributed by atoms with Crippen molar-refractivity contribution in [3.63, 3.8) is 0 Å². The van der Waals surface area contributed by atoms with E-state index in [9.17, 15) is 4.79 Å². The standard InChI is InChI=1S/C18H16N2O3/c21-18(19-7-6-12-4-2-1-3-5-12)15-8-13-9-16-17(23-11-22-16)10-14(13)20-15/h1-5,8-10,20H,6-7,11H2,(H,19,21). The topological polar surface area (TPSA) is 63.4 Å². The van der Waals surface area contributed by atoms with Gasteiger partial charge in [0.1, 0.15) is 5.69 Å². The number of rotatable bonds is 4. The number of aromatic amines is 1. The molecule has 1 aliphatic rings. The first-order valence-electron chi connectivity index (χ1n) is 7.54. The molecule has 2 N–H and O–H groups in total. The summed E-state index contributed by atoms with van der Waals surface area (Å²) in [7, 11) is 0. The number of nitrogens with one attached hydrogen (secondary N) is 2. The third kappa shape index (κ3) is 2.73. The molecule has 5 heteroatoms. The Morgan fingerprint density at radius 1 is 1.09 bits per heavy atom. The molecule has 0 fully saturated rings. The van der Waals surface area contributed by atoms with Gasteiger partial charge in [-0.1, -0.05) is 30.3 Å². The van der Waals surface area contributed by atoms with Crippen LogP contribution >= 0.6 is 0 Å². The van der Waals surface area contributed by atoms with Crippen molar-refractivity contribution in [3.8, 4) is 11.5 Å². The Morgan fingerprint density at radius 3 is 2.70 bits per heavy atom. The van der Waals surface area contributed by atoms with Gasteiger partial charge >= 0.3 is 0 Å². The van der Waals surface area contributed by atoms with Crippen LogP contribution < -0.4 is 14.8 Å². The molecule has 0 aliphatic carbocycles. The van der Waals surface area contributed by atoms with E-state index in [0.717, 1.165) is 17.3 Å². The average molecular weight is 308 g/mol. The first-order valence-corrected chi connectivity index (χ1v) is 7.54. The first kappa shape index (κ1) is 13.7. The molecule has 2 heterocycles. The smallest absolute Gasteiger partial charge is 0.267 e. The van der Waals surface area contributed by atoms with E-state index in [-0.39, 0.29) is 12.7 Å². The molecular formula is C18H16N2O3. The van der Waals surface area contributed by atoms with E-state index in [1.807, 2.05) is 36.4 Å². The van der Waals surface area contributed by atoms with Crippen molar-refractivity contribution in [2.24, 2.45) is 0 Å². The number of hydrogen-bond acceptors (Lipinski definition) is 3. The Morgan fingerprint density at radius 2 is 1.87 bits per heavy atom. The zero-order valence-electron chi connectivity index (χ0n) is 12.5. The largest absolute Gasteiger partial charge is 0.454 e. The number of aromatic nitrogens is 1. The van der Waals surface area contributed by atoms with Crippen LogP contribution in [0, 0.1) is 0 Å². The summed E-state index contributed by atoms with van der Waals surface area (Å²) in [5.74, 6) is 1.31. The molecule has 0 atom stereocenters. The van der Waals surface area contributed by atoms with Crippen LogP contribution in [0.2, 0.25) is 0 Å². The van der Waals surface area contributed by atoms with Gasteiger partial charge in [-0.05, 0) is 24.1 Å². The Kier molecular flexibility index (Phi) is 3.38. The van der Waals surface area contributed by atoms with Crippen LogP contribution in [0.1, 0.15) is 16.1 Å². The molecule has 1 amide bonds. The van der Waals surface area contributed by atoms with Gasteiger partial charge < -0.3 is 19.8 Å². The highest BCUT2D eigenvalue weighted by atomic mass is 16.7. The average Bonchev–Trinajstić information content (AvgIpc) is 3.19. The van der Waals surface area contributed by atoms with E-state index < -0.39 is 0 Å². The van der Waals surface area contributed by atoms with Crippen molar-refractivity contribution in [1.29, 1.82) is 0 Å². The van der Waals surface area contributed by atoms with Crippen molar-refractivity contribution >= 4 is 16.8 Å². The number of benzene rings is 2. The van der Waals surface area contributed by atoms with Gasteiger partial charge in [-0.3, -0.25) is 4.79 Å². The fraction of sp³-hybridized carbons (Fsp3) is 0.167. The Labute approximate surface area is 133 Å². The molecule has 1 aromatic heterocycles. The summed E-state index contributed by atoms with van der Waals surface area (Å²) in [5.41, 5.74) is 2.61. The molecule has 0 bridgehead atoms. The minimum absolute atomic E-state index is 0.112. The van der Waals surface area contributed by atoms with Gasteiger partial charge in [-0.15, -0.1) is 0 Å². The number of carbonyl (C=O) groups excluding carboxylic acids is 1. The maximum Gasteiger partial charge on any atom is 0.267 e. The van der Waals surface area contributed by atoms with Crippen LogP contribution in [0.15, 0.2) is 48.5 Å². The highest BCUT2D eigenvalue weighted by Crippen LogP contribution is 2.36. The molecule has 23 heavy (non-hydrogen) atoms. The number of hydrogen-bond donors (Lipinski definition) is 2. The lowest BCUT2D eigenvalue weighted by Gasteiger charge is -2.03. The monoisotopic (exact) mass is 308 g/mol. The third-order valence-electron chi connectivity index (χ3n) is 3.90. The second-order valence-corrected chi connectivity index (χ2v) is 5.47. The van der Waals surface area contributed by atoms with Crippen LogP contribution in [-0.2, 0) is 6.42 Å². The predicted molar refractivity (Wildman–Crippen MR) is 86.9 cm³/mol. The molecule has 1 aliphatic heterocycles. The summed E-state index contributed by atoms with van der Waals surface area (Å²) in [5, 5.41) is 3.87. The van der Waals surface area contributed by atoms with Crippen molar-refractivity contribution in [2.75, 3.05) is 13.3 Å². The van der Waals surface area contributed by atoms with E-state index in [2.05, 4.69) is 22.4 Å². The normalized spacial score (nSPS) is 12.5. The summed E-state index contributed by atoms with van der Waals surface area (Å²) < 4.78 is 10.7. The van der Waals surface area contributed by atoms with Crippen LogP contribution in [0.5, 0.6) is 11.5 Å². The minimum atomic E-state index is -0.112. The van der Waals surface area contributed by atoms with E-state index in [1.165, 1.54) is 5.56 Å². The van der Waals surface area contributed by atoms with Gasteiger partial charge in [0, 0.05) is 23.5 Å². The fourth-order valence-electron chi connectivity index (χ4n) is 2.70. The maximum atomic E-state index is 12.3. The molecule has 3 aromatic rings. The number of carbonyl (C=O) groups is 1. The highest BCUT2D eigenvalue weighted by molar-refractivity contribution is 5.98. The quantitative estimate of drug-likeness (QED) is 0.779. The molecule has 2 aromatic carbocycles. The van der Waals surface area contributed by atoms with Crippen LogP contribution in [0.25, 0.3) is 10.9 Å². The van der Waals surface area contributed by atoms with E-state index >= 15 is 0 Å². The van der Waals surface area contributed by atoms with Gasteiger partial charge in [-0.2, -0.15) is 0 Å². The molecule has 0 unspecified atom stereocenters. The zero-order chi connectivity index (χ0) is 15.6. The summed E-state index contributed by atoms with van der Waals surface area (Å²) >= 11 is 0. The molecule has 4 rings (SSSR count). The van der Waals surface area contributed by atoms with Gasteiger partial charge in [-0.25, -0.2) is 0 Å². The van der Waals surface area contributed by atoms with Gasteiger partial charge in [0.05, 0.1) is 0 Å². The Balaban J connectivity index is 1.45. The molecule has 0 saturated carbocycles. The summed E-state index contributed by atoms with van der Waals surface area (Å²) in [4.78, 5) is 15.4. The fourth-order valence-corrected chi connectivity index (χ4v) is 2.70. The van der Waals surface area contributed by atoms with E-state index in [1.54, 1.807) is 0 Å². The number of ether oxygens (including phenoxy) is 2. The van der Waals surface area contributed by atoms with Gasteiger partial charge in [0.2, 0.25) is 6.79 Å². The number of fused-ring (bicyclic) bond motifs is 2. The molecule has 0 spiro atoms. The third-order valence-corrected chi connectivity index (χ3v) is 3.90. The van der Waals surface area contributed by atoms with Gasteiger partial charge in [0.15, 0.2) is 11.5 Å². The first-order chi connectivity index (χ1) is 11.3. The lowest BCUT2D eigenvalue weighted by Crippen LogP contribution is -2.25. The van der Waals surface area contributed by atoms with Crippen LogP contribution in [-0.4, -0.2) is 24.2 Å². The molecular weight excluding hydrogens is 292 g/mol. The predicted octanol–water partition coefficient (Wildman–Crippen LogP) is 2.87. The number of H-pyrrole nitrogens is 1. The van der Waals surface area contributed by atoms with Crippen molar-refractivity contribution in [3.05, 3.63) is 59.8 Å². The van der Waals surface area contributed by atoms with Crippen molar-refractivity contribution in [1.82, 2.24) is 10.3 Å². The van der Waals surface area contributed by atoms with E-state index in [4.69, 9.17) is 9.47 Å². The molecule has 5 nitrogen and oxygen atoms in total. The van der Waals surface area contributed by atoms with Crippen molar-refractivity contribution in [2.45, 2.75) is 6.42 Å². The van der Waals surface area contributed by atoms with Crippen LogP contribution in [0.4, 0.5) is 0 Å². The van der Waals surface area contributed by atoms with Crippen LogP contribution in [0.3, 0.4) is 0 Å². The maximum absolute atomic E-state index is 12.3. The zero-order valence-corrected chi connectivity index (χ0v) is 12.5. The minimum Gasteiger partial charge on any atom is -0.454 e. The van der Waals surface area contributed by atoms with Crippen molar-refractivity contribution < 1.29 is 14.3 Å². The lowest BCUT2D eigenvalue weighted by molar-refractivity contribution is 0.0950. The molecule has 0 saturated heterocycles. The SMILES string of the molecule is O=C(NCCc1ccccc1)c1cc2cc3c(cc2[nH]1)OCO3. The Bertz CT molecular complexity index is 814. The molecule has 116 valence electrons. The summed E-state index contributed by atoms with van der Waals surface area (Å²) in [6.07, 6.45) is 0.808. The second kappa shape index (κ2) is 5.68. The number of amides is 1. The van der Waals surface area contributed by atoms with E-state index in [0.29, 0.717) is 23.7 Å². The second-order valence-electron chi connectivity index (χ2n) is 5.47. The molecule has 0 radical (unpaired) electrons.